The highest BCUT2D eigenvalue weighted by molar-refractivity contribution is 5.96. The van der Waals surface area contributed by atoms with Crippen LogP contribution in [0.15, 0.2) is 18.2 Å². The molecular formula is C20H25F3N2O2. The smallest absolute Gasteiger partial charge is 0.379 e. The van der Waals surface area contributed by atoms with Crippen LogP contribution in [0.25, 0.3) is 0 Å². The van der Waals surface area contributed by atoms with Crippen molar-refractivity contribution >= 4 is 5.91 Å². The van der Waals surface area contributed by atoms with Gasteiger partial charge in [-0.2, -0.15) is 13.2 Å². The molecule has 2 aliphatic heterocycles. The molecule has 1 amide bonds. The highest BCUT2D eigenvalue weighted by Crippen LogP contribution is 2.43. The molecule has 1 saturated carbocycles. The Hall–Kier alpha value is -1.60. The van der Waals surface area contributed by atoms with Gasteiger partial charge in [0.25, 0.3) is 5.91 Å². The number of amides is 1. The third kappa shape index (κ3) is 4.14. The molecule has 2 saturated heterocycles. The molecule has 3 aliphatic rings. The molecule has 1 aliphatic carbocycles. The SMILES string of the molecule is O=C(N[C@H]1COCC[C@@H]1N1CCCC1)c1ccc(C(F)(F)F)cc1C1CC1. The number of nitrogens with one attached hydrogen (secondary N) is 1. The lowest BCUT2D eigenvalue weighted by Crippen LogP contribution is -2.56. The second-order valence-corrected chi connectivity index (χ2v) is 7.83. The van der Waals surface area contributed by atoms with E-state index in [-0.39, 0.29) is 23.9 Å². The molecule has 0 aromatic heterocycles. The fourth-order valence-electron chi connectivity index (χ4n) is 4.30. The van der Waals surface area contributed by atoms with Crippen molar-refractivity contribution < 1.29 is 22.7 Å². The number of hydrogen-bond donors (Lipinski definition) is 1. The third-order valence-electron chi connectivity index (χ3n) is 5.89. The Morgan fingerprint density at radius 2 is 1.89 bits per heavy atom. The average molecular weight is 382 g/mol. The number of likely N-dealkylation sites (tertiary alicyclic amines) is 1. The van der Waals surface area contributed by atoms with Crippen molar-refractivity contribution in [3.63, 3.8) is 0 Å². The van der Waals surface area contributed by atoms with Gasteiger partial charge in [-0.1, -0.05) is 0 Å². The first-order valence-corrected chi connectivity index (χ1v) is 9.77. The molecule has 1 N–H and O–H groups in total. The normalized spacial score (nSPS) is 26.9. The van der Waals surface area contributed by atoms with Crippen LogP contribution in [0.4, 0.5) is 13.2 Å². The topological polar surface area (TPSA) is 41.6 Å². The molecule has 3 fully saturated rings. The molecule has 148 valence electrons. The van der Waals surface area contributed by atoms with E-state index in [0.717, 1.165) is 44.5 Å². The largest absolute Gasteiger partial charge is 0.416 e. The Morgan fingerprint density at radius 1 is 1.15 bits per heavy atom. The molecule has 0 radical (unpaired) electrons. The highest BCUT2D eigenvalue weighted by atomic mass is 19.4. The second kappa shape index (κ2) is 7.43. The number of hydrogen-bond acceptors (Lipinski definition) is 3. The number of carbonyl (C=O) groups is 1. The lowest BCUT2D eigenvalue weighted by molar-refractivity contribution is -0.137. The molecule has 2 atom stereocenters. The maximum atomic E-state index is 13.1. The predicted molar refractivity (Wildman–Crippen MR) is 94.7 cm³/mol. The van der Waals surface area contributed by atoms with E-state index in [2.05, 4.69) is 10.2 Å². The van der Waals surface area contributed by atoms with Gasteiger partial charge >= 0.3 is 6.18 Å². The van der Waals surface area contributed by atoms with E-state index in [4.69, 9.17) is 4.74 Å². The van der Waals surface area contributed by atoms with E-state index in [1.165, 1.54) is 18.9 Å². The van der Waals surface area contributed by atoms with Crippen molar-refractivity contribution in [1.82, 2.24) is 10.2 Å². The molecule has 0 unspecified atom stereocenters. The minimum atomic E-state index is -4.39. The first kappa shape index (κ1) is 18.7. The van der Waals surface area contributed by atoms with Crippen LogP contribution in [-0.2, 0) is 10.9 Å². The molecule has 1 aromatic carbocycles. The van der Waals surface area contributed by atoms with Crippen molar-refractivity contribution in [2.45, 2.75) is 56.3 Å². The molecule has 1 aromatic rings. The minimum Gasteiger partial charge on any atom is -0.379 e. The lowest BCUT2D eigenvalue weighted by Gasteiger charge is -2.38. The Labute approximate surface area is 157 Å². The number of benzene rings is 1. The summed E-state index contributed by atoms with van der Waals surface area (Å²) in [5.41, 5.74) is 0.213. The molecular weight excluding hydrogens is 357 g/mol. The van der Waals surface area contributed by atoms with Crippen LogP contribution in [0.2, 0.25) is 0 Å². The minimum absolute atomic E-state index is 0.0602. The molecule has 4 rings (SSSR count). The maximum absolute atomic E-state index is 13.1. The zero-order valence-corrected chi connectivity index (χ0v) is 15.2. The standard InChI is InChI=1S/C20H25F3N2O2/c21-20(22,23)14-5-6-15(16(11-14)13-3-4-13)19(26)24-17-12-27-10-7-18(17)25-8-1-2-9-25/h5-6,11,13,17-18H,1-4,7-10,12H2,(H,24,26)/t17-,18-/m0/s1. The number of nitrogens with zero attached hydrogens (tertiary/aromatic N) is 1. The lowest BCUT2D eigenvalue weighted by atomic mass is 9.97. The van der Waals surface area contributed by atoms with Crippen molar-refractivity contribution in [1.29, 1.82) is 0 Å². The monoisotopic (exact) mass is 382 g/mol. The first-order chi connectivity index (χ1) is 12.9. The Bertz CT molecular complexity index is 697. The van der Waals surface area contributed by atoms with E-state index in [0.29, 0.717) is 24.3 Å². The summed E-state index contributed by atoms with van der Waals surface area (Å²) in [6.07, 6.45) is 0.491. The summed E-state index contributed by atoms with van der Waals surface area (Å²) in [5, 5.41) is 3.06. The number of ether oxygens (including phenoxy) is 1. The van der Waals surface area contributed by atoms with Gasteiger partial charge in [0, 0.05) is 18.2 Å². The third-order valence-corrected chi connectivity index (χ3v) is 5.89. The molecule has 0 spiro atoms. The molecule has 2 heterocycles. The van der Waals surface area contributed by atoms with Crippen molar-refractivity contribution in [3.8, 4) is 0 Å². The van der Waals surface area contributed by atoms with E-state index < -0.39 is 11.7 Å². The predicted octanol–water partition coefficient (Wildman–Crippen LogP) is 3.57. The summed E-state index contributed by atoms with van der Waals surface area (Å²) in [6.45, 7) is 3.20. The van der Waals surface area contributed by atoms with Gasteiger partial charge in [-0.15, -0.1) is 0 Å². The molecule has 7 heteroatoms. The van der Waals surface area contributed by atoms with Gasteiger partial charge in [0.05, 0.1) is 18.2 Å². The van der Waals surface area contributed by atoms with Gasteiger partial charge in [0.2, 0.25) is 0 Å². The van der Waals surface area contributed by atoms with Gasteiger partial charge in [-0.05, 0) is 74.9 Å². The Balaban J connectivity index is 1.53. The van der Waals surface area contributed by atoms with Crippen LogP contribution in [0.5, 0.6) is 0 Å². The van der Waals surface area contributed by atoms with Crippen molar-refractivity contribution in [2.24, 2.45) is 0 Å². The maximum Gasteiger partial charge on any atom is 0.416 e. The Morgan fingerprint density at radius 3 is 2.56 bits per heavy atom. The van der Waals surface area contributed by atoms with Crippen LogP contribution >= 0.6 is 0 Å². The van der Waals surface area contributed by atoms with E-state index in [9.17, 15) is 18.0 Å². The quantitative estimate of drug-likeness (QED) is 0.866. The summed E-state index contributed by atoms with van der Waals surface area (Å²) >= 11 is 0. The van der Waals surface area contributed by atoms with E-state index in [1.807, 2.05) is 0 Å². The molecule has 4 nitrogen and oxygen atoms in total. The Kier molecular flexibility index (Phi) is 5.16. The van der Waals surface area contributed by atoms with Crippen LogP contribution in [0.3, 0.4) is 0 Å². The number of carbonyl (C=O) groups excluding carboxylic acids is 1. The fourth-order valence-corrected chi connectivity index (χ4v) is 4.30. The van der Waals surface area contributed by atoms with Crippen LogP contribution in [-0.4, -0.2) is 49.2 Å². The summed E-state index contributed by atoms with van der Waals surface area (Å²) in [4.78, 5) is 15.3. The fraction of sp³-hybridized carbons (Fsp3) is 0.650. The zero-order valence-electron chi connectivity index (χ0n) is 15.2. The zero-order chi connectivity index (χ0) is 19.0. The molecule has 0 bridgehead atoms. The number of rotatable bonds is 4. The van der Waals surface area contributed by atoms with Crippen LogP contribution in [0.1, 0.15) is 59.5 Å². The van der Waals surface area contributed by atoms with Crippen molar-refractivity contribution in [3.05, 3.63) is 34.9 Å². The van der Waals surface area contributed by atoms with E-state index >= 15 is 0 Å². The second-order valence-electron chi connectivity index (χ2n) is 7.83. The van der Waals surface area contributed by atoms with E-state index in [1.54, 1.807) is 0 Å². The summed E-state index contributed by atoms with van der Waals surface area (Å²) in [6, 6.07) is 3.61. The van der Waals surface area contributed by atoms with Crippen LogP contribution in [0, 0.1) is 0 Å². The summed E-state index contributed by atoms with van der Waals surface area (Å²) in [7, 11) is 0. The van der Waals surface area contributed by atoms with Gasteiger partial charge in [0.15, 0.2) is 0 Å². The summed E-state index contributed by atoms with van der Waals surface area (Å²) < 4.78 is 44.7. The van der Waals surface area contributed by atoms with Crippen molar-refractivity contribution in [2.75, 3.05) is 26.3 Å². The number of halogens is 3. The van der Waals surface area contributed by atoms with Gasteiger partial charge in [-0.25, -0.2) is 0 Å². The highest BCUT2D eigenvalue weighted by Gasteiger charge is 2.37. The molecule has 27 heavy (non-hydrogen) atoms. The first-order valence-electron chi connectivity index (χ1n) is 9.77. The average Bonchev–Trinajstić information content (AvgIpc) is 3.35. The summed E-state index contributed by atoms with van der Waals surface area (Å²) in [5.74, 6) is -0.227. The number of alkyl halides is 3. The van der Waals surface area contributed by atoms with Gasteiger partial charge in [0.1, 0.15) is 0 Å². The van der Waals surface area contributed by atoms with Crippen LogP contribution < -0.4 is 5.32 Å². The van der Waals surface area contributed by atoms with Gasteiger partial charge < -0.3 is 10.1 Å². The van der Waals surface area contributed by atoms with Gasteiger partial charge in [-0.3, -0.25) is 9.69 Å².